The molecule has 4 nitrogen and oxygen atoms in total. The zero-order valence-corrected chi connectivity index (χ0v) is 11.3. The molecule has 19 heavy (non-hydrogen) atoms. The third-order valence-electron chi connectivity index (χ3n) is 2.77. The molecular formula is C15H19N2O2+. The number of nitrogens with zero attached hydrogens (tertiary/aromatic N) is 1. The fraction of sp³-hybridized carbons (Fsp3) is 0.267. The average molecular weight is 259 g/mol. The summed E-state index contributed by atoms with van der Waals surface area (Å²) in [7, 11) is 3.93. The van der Waals surface area contributed by atoms with Crippen molar-refractivity contribution >= 4 is 11.6 Å². The van der Waals surface area contributed by atoms with Crippen LogP contribution in [-0.2, 0) is 11.3 Å². The zero-order chi connectivity index (χ0) is 13.7. The van der Waals surface area contributed by atoms with E-state index in [1.54, 1.807) is 11.2 Å². The van der Waals surface area contributed by atoms with Crippen LogP contribution >= 0.6 is 0 Å². The number of hydrogen-bond acceptors (Lipinski definition) is 2. The largest absolute Gasteiger partial charge is 0.467 e. The summed E-state index contributed by atoms with van der Waals surface area (Å²) in [6.07, 6.45) is 1.63. The number of benzene rings is 1. The molecule has 0 aliphatic carbocycles. The highest BCUT2D eigenvalue weighted by molar-refractivity contribution is 5.93. The minimum absolute atomic E-state index is 0.0857. The van der Waals surface area contributed by atoms with Gasteiger partial charge >= 0.3 is 0 Å². The maximum atomic E-state index is 12.3. The number of anilines is 1. The second kappa shape index (κ2) is 6.20. The number of rotatable bonds is 5. The van der Waals surface area contributed by atoms with Crippen LogP contribution in [0, 0.1) is 0 Å². The van der Waals surface area contributed by atoms with Crippen molar-refractivity contribution in [3.05, 3.63) is 54.5 Å². The highest BCUT2D eigenvalue weighted by atomic mass is 16.3. The molecule has 1 aromatic carbocycles. The fourth-order valence-corrected chi connectivity index (χ4v) is 1.89. The van der Waals surface area contributed by atoms with Crippen molar-refractivity contribution in [3.63, 3.8) is 0 Å². The third-order valence-corrected chi connectivity index (χ3v) is 2.77. The van der Waals surface area contributed by atoms with Crippen molar-refractivity contribution in [3.8, 4) is 0 Å². The zero-order valence-electron chi connectivity index (χ0n) is 11.3. The molecule has 0 radical (unpaired) electrons. The minimum Gasteiger partial charge on any atom is -0.467 e. The highest BCUT2D eigenvalue weighted by Crippen LogP contribution is 2.17. The summed E-state index contributed by atoms with van der Waals surface area (Å²) >= 11 is 0. The predicted molar refractivity (Wildman–Crippen MR) is 74.0 cm³/mol. The van der Waals surface area contributed by atoms with E-state index in [2.05, 4.69) is 0 Å². The van der Waals surface area contributed by atoms with Gasteiger partial charge in [0.15, 0.2) is 6.54 Å². The SMILES string of the molecule is C[NH+](C)CC(=O)N(Cc1ccco1)c1ccccc1. The second-order valence-electron chi connectivity index (χ2n) is 4.78. The van der Waals surface area contributed by atoms with E-state index in [9.17, 15) is 4.79 Å². The lowest BCUT2D eigenvalue weighted by Gasteiger charge is -2.22. The number of carbonyl (C=O) groups is 1. The Labute approximate surface area is 113 Å². The quantitative estimate of drug-likeness (QED) is 0.868. The molecule has 0 atom stereocenters. The average Bonchev–Trinajstić information content (AvgIpc) is 2.89. The molecule has 0 spiro atoms. The van der Waals surface area contributed by atoms with Gasteiger partial charge in [0.05, 0.1) is 26.9 Å². The Morgan fingerprint density at radius 2 is 1.89 bits per heavy atom. The topological polar surface area (TPSA) is 37.9 Å². The number of carbonyl (C=O) groups excluding carboxylic acids is 1. The molecule has 0 aliphatic rings. The van der Waals surface area contributed by atoms with Crippen molar-refractivity contribution in [2.24, 2.45) is 0 Å². The Bertz CT molecular complexity index is 506. The van der Waals surface area contributed by atoms with E-state index in [1.807, 2.05) is 56.6 Å². The number of amides is 1. The van der Waals surface area contributed by atoms with E-state index in [0.717, 1.165) is 16.3 Å². The summed E-state index contributed by atoms with van der Waals surface area (Å²) in [5.74, 6) is 0.869. The van der Waals surface area contributed by atoms with E-state index in [4.69, 9.17) is 4.42 Å². The first-order chi connectivity index (χ1) is 9.16. The number of hydrogen-bond donors (Lipinski definition) is 1. The highest BCUT2D eigenvalue weighted by Gasteiger charge is 2.19. The van der Waals surface area contributed by atoms with Gasteiger partial charge in [-0.05, 0) is 24.3 Å². The molecule has 2 rings (SSSR count). The van der Waals surface area contributed by atoms with Gasteiger partial charge in [-0.15, -0.1) is 0 Å². The van der Waals surface area contributed by atoms with Gasteiger partial charge in [-0.3, -0.25) is 9.69 Å². The lowest BCUT2D eigenvalue weighted by molar-refractivity contribution is -0.849. The molecule has 1 amide bonds. The Morgan fingerprint density at radius 3 is 2.47 bits per heavy atom. The molecule has 0 fully saturated rings. The van der Waals surface area contributed by atoms with Crippen LogP contribution in [-0.4, -0.2) is 26.5 Å². The van der Waals surface area contributed by atoms with E-state index < -0.39 is 0 Å². The number of furan rings is 1. The van der Waals surface area contributed by atoms with E-state index in [0.29, 0.717) is 13.1 Å². The third kappa shape index (κ3) is 3.69. The standard InChI is InChI=1S/C15H18N2O2/c1-16(2)12-15(18)17(11-14-9-6-10-19-14)13-7-4-3-5-8-13/h3-10H,11-12H2,1-2H3/p+1. The van der Waals surface area contributed by atoms with Gasteiger partial charge in [0.25, 0.3) is 5.91 Å². The van der Waals surface area contributed by atoms with Gasteiger partial charge in [0, 0.05) is 5.69 Å². The molecule has 0 saturated heterocycles. The monoisotopic (exact) mass is 259 g/mol. The van der Waals surface area contributed by atoms with Crippen LogP contribution in [0.5, 0.6) is 0 Å². The molecule has 2 aromatic rings. The Kier molecular flexibility index (Phi) is 4.36. The molecule has 1 N–H and O–H groups in total. The van der Waals surface area contributed by atoms with Gasteiger partial charge in [-0.2, -0.15) is 0 Å². The second-order valence-corrected chi connectivity index (χ2v) is 4.78. The lowest BCUT2D eigenvalue weighted by Crippen LogP contribution is -3.07. The molecule has 1 aromatic heterocycles. The molecule has 0 aliphatic heterocycles. The van der Waals surface area contributed by atoms with Crippen molar-refractivity contribution in [2.45, 2.75) is 6.54 Å². The fourth-order valence-electron chi connectivity index (χ4n) is 1.89. The molecular weight excluding hydrogens is 240 g/mol. The number of nitrogens with one attached hydrogen (secondary N) is 1. The van der Waals surface area contributed by atoms with E-state index in [1.165, 1.54) is 0 Å². The van der Waals surface area contributed by atoms with Crippen LogP contribution in [0.4, 0.5) is 5.69 Å². The maximum Gasteiger partial charge on any atom is 0.282 e. The number of quaternary nitrogens is 1. The van der Waals surface area contributed by atoms with Crippen LogP contribution in [0.25, 0.3) is 0 Å². The van der Waals surface area contributed by atoms with Crippen LogP contribution in [0.2, 0.25) is 0 Å². The van der Waals surface area contributed by atoms with Crippen molar-refractivity contribution in [2.75, 3.05) is 25.5 Å². The van der Waals surface area contributed by atoms with E-state index in [-0.39, 0.29) is 5.91 Å². The summed E-state index contributed by atoms with van der Waals surface area (Å²) in [5, 5.41) is 0. The first kappa shape index (κ1) is 13.4. The van der Waals surface area contributed by atoms with Crippen molar-refractivity contribution < 1.29 is 14.1 Å². The first-order valence-electron chi connectivity index (χ1n) is 6.33. The van der Waals surface area contributed by atoms with Crippen LogP contribution in [0.3, 0.4) is 0 Å². The summed E-state index contributed by atoms with van der Waals surface area (Å²) in [6.45, 7) is 0.915. The summed E-state index contributed by atoms with van der Waals surface area (Å²) < 4.78 is 5.34. The summed E-state index contributed by atoms with van der Waals surface area (Å²) in [4.78, 5) is 15.2. The van der Waals surface area contributed by atoms with Crippen molar-refractivity contribution in [1.29, 1.82) is 0 Å². The van der Waals surface area contributed by atoms with Crippen LogP contribution in [0.15, 0.2) is 53.1 Å². The molecule has 4 heteroatoms. The Hall–Kier alpha value is -2.07. The van der Waals surface area contributed by atoms with E-state index >= 15 is 0 Å². The lowest BCUT2D eigenvalue weighted by atomic mass is 10.2. The molecule has 100 valence electrons. The maximum absolute atomic E-state index is 12.3. The van der Waals surface area contributed by atoms with Gasteiger partial charge in [-0.25, -0.2) is 0 Å². The van der Waals surface area contributed by atoms with Crippen LogP contribution < -0.4 is 9.80 Å². The van der Waals surface area contributed by atoms with Crippen molar-refractivity contribution in [1.82, 2.24) is 0 Å². The molecule has 0 bridgehead atoms. The predicted octanol–water partition coefficient (Wildman–Crippen LogP) is 0.957. The Balaban J connectivity index is 2.20. The van der Waals surface area contributed by atoms with Gasteiger partial charge in [0.2, 0.25) is 0 Å². The summed E-state index contributed by atoms with van der Waals surface area (Å²) in [6, 6.07) is 13.4. The van der Waals surface area contributed by atoms with Gasteiger partial charge in [-0.1, -0.05) is 18.2 Å². The molecule has 0 saturated carbocycles. The smallest absolute Gasteiger partial charge is 0.282 e. The number of likely N-dealkylation sites (N-methyl/N-ethyl adjacent to an activating group) is 1. The summed E-state index contributed by atoms with van der Waals surface area (Å²) in [5.41, 5.74) is 0.894. The first-order valence-corrected chi connectivity index (χ1v) is 6.33. The Morgan fingerprint density at radius 1 is 1.16 bits per heavy atom. The molecule has 1 heterocycles. The van der Waals surface area contributed by atoms with Crippen LogP contribution in [0.1, 0.15) is 5.76 Å². The normalized spacial score (nSPS) is 10.7. The van der Waals surface area contributed by atoms with Gasteiger partial charge < -0.3 is 9.32 Å². The molecule has 0 unspecified atom stereocenters. The number of para-hydroxylation sites is 1. The van der Waals surface area contributed by atoms with Gasteiger partial charge in [0.1, 0.15) is 5.76 Å². The minimum atomic E-state index is 0.0857.